The summed E-state index contributed by atoms with van der Waals surface area (Å²) in [5.74, 6) is 2.66. The van der Waals surface area contributed by atoms with E-state index in [1.807, 2.05) is 24.3 Å². The predicted molar refractivity (Wildman–Crippen MR) is 163 cm³/mol. The highest BCUT2D eigenvalue weighted by molar-refractivity contribution is 14.1. The first-order chi connectivity index (χ1) is 18.3. The fourth-order valence-corrected chi connectivity index (χ4v) is 7.65. The highest BCUT2D eigenvalue weighted by Crippen LogP contribution is 2.70. The SMILES string of the molecule is COc1ccc(COC/C(C)=C/CC[C@@H](C)/C(I)=C/C[C@H](CO)[C@H]2CCC3=CCC[C@]4(C)[C@H]([C@@H]2O)[C@H]34)cc1. The number of methoxy groups -OCH3 is 1. The number of ether oxygens (including phenoxy) is 2. The maximum Gasteiger partial charge on any atom is 0.118 e. The third kappa shape index (κ3) is 6.94. The van der Waals surface area contributed by atoms with Crippen molar-refractivity contribution in [2.45, 2.75) is 78.4 Å². The topological polar surface area (TPSA) is 58.9 Å². The number of hydrogen-bond acceptors (Lipinski definition) is 4. The number of rotatable bonds is 13. The van der Waals surface area contributed by atoms with E-state index in [-0.39, 0.29) is 24.5 Å². The highest BCUT2D eigenvalue weighted by Gasteiger charge is 2.67. The fourth-order valence-electron chi connectivity index (χ4n) is 7.08. The van der Waals surface area contributed by atoms with Crippen LogP contribution in [0.5, 0.6) is 5.75 Å². The number of hydrogen-bond donors (Lipinski definition) is 2. The normalized spacial score (nSPS) is 30.7. The van der Waals surface area contributed by atoms with Gasteiger partial charge in [0.05, 0.1) is 26.4 Å². The van der Waals surface area contributed by atoms with E-state index in [1.54, 1.807) is 12.7 Å². The fraction of sp³-hybridized carbons (Fsp3) is 0.636. The van der Waals surface area contributed by atoms with Crippen molar-refractivity contribution in [3.05, 3.63) is 62.8 Å². The van der Waals surface area contributed by atoms with Crippen molar-refractivity contribution in [3.63, 3.8) is 0 Å². The number of allylic oxidation sites excluding steroid dienone is 5. The van der Waals surface area contributed by atoms with E-state index < -0.39 is 0 Å². The van der Waals surface area contributed by atoms with Crippen LogP contribution in [0.3, 0.4) is 0 Å². The molecule has 2 N–H and O–H groups in total. The number of aliphatic hydroxyl groups is 2. The molecule has 0 aliphatic heterocycles. The van der Waals surface area contributed by atoms with E-state index in [2.05, 4.69) is 61.6 Å². The highest BCUT2D eigenvalue weighted by atomic mass is 127. The molecular weight excluding hydrogens is 587 g/mol. The van der Waals surface area contributed by atoms with Gasteiger partial charge in [-0.15, -0.1) is 0 Å². The summed E-state index contributed by atoms with van der Waals surface area (Å²) < 4.78 is 12.5. The minimum absolute atomic E-state index is 0.135. The van der Waals surface area contributed by atoms with Crippen LogP contribution in [0, 0.1) is 35.0 Å². The smallest absolute Gasteiger partial charge is 0.118 e. The lowest BCUT2D eigenvalue weighted by Gasteiger charge is -2.31. The van der Waals surface area contributed by atoms with Crippen LogP contribution < -0.4 is 4.74 Å². The van der Waals surface area contributed by atoms with Crippen molar-refractivity contribution in [2.24, 2.45) is 35.0 Å². The average Bonchev–Trinajstić information content (AvgIpc) is 3.59. The molecule has 0 saturated heterocycles. The van der Waals surface area contributed by atoms with E-state index in [1.165, 1.54) is 22.0 Å². The Kier molecular flexibility index (Phi) is 10.6. The summed E-state index contributed by atoms with van der Waals surface area (Å²) in [4.78, 5) is 0. The maximum atomic E-state index is 11.4. The molecule has 0 spiro atoms. The number of fused-ring (bicyclic) bond motifs is 1. The molecule has 4 rings (SSSR count). The van der Waals surface area contributed by atoms with Gasteiger partial charge in [0.15, 0.2) is 0 Å². The molecule has 4 nitrogen and oxygen atoms in total. The zero-order valence-electron chi connectivity index (χ0n) is 23.7. The summed E-state index contributed by atoms with van der Waals surface area (Å²) in [7, 11) is 1.68. The predicted octanol–water partition coefficient (Wildman–Crippen LogP) is 7.64. The van der Waals surface area contributed by atoms with Gasteiger partial charge in [-0.25, -0.2) is 0 Å². The van der Waals surface area contributed by atoms with E-state index in [4.69, 9.17) is 9.47 Å². The molecule has 0 heterocycles. The molecule has 5 heteroatoms. The third-order valence-electron chi connectivity index (χ3n) is 9.56. The van der Waals surface area contributed by atoms with Gasteiger partial charge in [0.2, 0.25) is 0 Å². The van der Waals surface area contributed by atoms with Gasteiger partial charge >= 0.3 is 0 Å². The van der Waals surface area contributed by atoms with Crippen molar-refractivity contribution in [3.8, 4) is 5.75 Å². The summed E-state index contributed by atoms with van der Waals surface area (Å²) in [6.45, 7) is 8.21. The first kappa shape index (κ1) is 29.8. The van der Waals surface area contributed by atoms with Crippen LogP contribution in [-0.2, 0) is 11.3 Å². The van der Waals surface area contributed by atoms with Gasteiger partial charge in [0.25, 0.3) is 0 Å². The molecule has 0 bridgehead atoms. The Labute approximate surface area is 243 Å². The number of halogens is 1. The lowest BCUT2D eigenvalue weighted by atomic mass is 9.77. The molecule has 2 saturated carbocycles. The molecule has 0 amide bonds. The molecule has 38 heavy (non-hydrogen) atoms. The van der Waals surface area contributed by atoms with Crippen LogP contribution in [0.2, 0.25) is 0 Å². The van der Waals surface area contributed by atoms with Crippen molar-refractivity contribution in [1.82, 2.24) is 0 Å². The average molecular weight is 635 g/mol. The summed E-state index contributed by atoms with van der Waals surface area (Å²) in [5, 5.41) is 21.7. The van der Waals surface area contributed by atoms with Gasteiger partial charge in [0.1, 0.15) is 5.75 Å². The Balaban J connectivity index is 1.21. The Morgan fingerprint density at radius 1 is 1.24 bits per heavy atom. The summed E-state index contributed by atoms with van der Waals surface area (Å²) in [5.41, 5.74) is 4.30. The summed E-state index contributed by atoms with van der Waals surface area (Å²) in [6, 6.07) is 8.00. The van der Waals surface area contributed by atoms with Gasteiger partial charge in [-0.2, -0.15) is 0 Å². The lowest BCUT2D eigenvalue weighted by Crippen LogP contribution is -2.32. The number of benzene rings is 1. The second-order valence-electron chi connectivity index (χ2n) is 12.2. The molecule has 0 aromatic heterocycles. The van der Waals surface area contributed by atoms with Crippen molar-refractivity contribution >= 4 is 22.6 Å². The largest absolute Gasteiger partial charge is 0.497 e. The minimum Gasteiger partial charge on any atom is -0.497 e. The molecular formula is C33H47IO4. The first-order valence-electron chi connectivity index (χ1n) is 14.5. The van der Waals surface area contributed by atoms with E-state index in [0.29, 0.717) is 36.4 Å². The zero-order chi connectivity index (χ0) is 27.3. The van der Waals surface area contributed by atoms with Gasteiger partial charge in [-0.05, 0) is 131 Å². The van der Waals surface area contributed by atoms with Crippen LogP contribution in [0.4, 0.5) is 0 Å². The molecule has 3 aliphatic rings. The van der Waals surface area contributed by atoms with Crippen LogP contribution >= 0.6 is 22.6 Å². The van der Waals surface area contributed by atoms with Crippen LogP contribution in [0.25, 0.3) is 0 Å². The monoisotopic (exact) mass is 634 g/mol. The van der Waals surface area contributed by atoms with Gasteiger partial charge in [-0.3, -0.25) is 0 Å². The lowest BCUT2D eigenvalue weighted by molar-refractivity contribution is 0.0219. The molecule has 1 aromatic rings. The van der Waals surface area contributed by atoms with Gasteiger partial charge < -0.3 is 19.7 Å². The van der Waals surface area contributed by atoms with Crippen molar-refractivity contribution in [2.75, 3.05) is 20.3 Å². The first-order valence-corrected chi connectivity index (χ1v) is 15.6. The third-order valence-corrected chi connectivity index (χ3v) is 11.1. The maximum absolute atomic E-state index is 11.4. The quantitative estimate of drug-likeness (QED) is 0.173. The molecule has 2 fully saturated rings. The minimum atomic E-state index is -0.283. The standard InChI is InChI=1S/C33H47IO4/c1-22(20-38-21-24-10-14-27(37-4)15-11-24)7-5-8-23(2)29(34)17-13-26(19-35)28-16-12-25-9-6-18-33(3)30(25)31(33)32(28)36/h7,9-11,14-15,17,23,26,28,30-32,35-36H,5-6,8,12-13,16,18-21H2,1-4H3/b22-7+,29-17-/t23-,26-,28-,30+,31+,32-,33+/m1/s1. The second-order valence-corrected chi connectivity index (χ2v) is 13.4. The molecule has 3 aliphatic carbocycles. The van der Waals surface area contributed by atoms with Crippen LogP contribution in [0.1, 0.15) is 71.3 Å². The van der Waals surface area contributed by atoms with Crippen molar-refractivity contribution in [1.29, 1.82) is 0 Å². The Hall–Kier alpha value is -1.15. The Morgan fingerprint density at radius 2 is 2.00 bits per heavy atom. The molecule has 210 valence electrons. The van der Waals surface area contributed by atoms with Crippen LogP contribution in [0.15, 0.2) is 57.2 Å². The van der Waals surface area contributed by atoms with Gasteiger partial charge in [-0.1, -0.05) is 55.4 Å². The molecule has 1 aromatic carbocycles. The van der Waals surface area contributed by atoms with Gasteiger partial charge in [0, 0.05) is 6.61 Å². The van der Waals surface area contributed by atoms with E-state index in [9.17, 15) is 10.2 Å². The van der Waals surface area contributed by atoms with Crippen molar-refractivity contribution < 1.29 is 19.7 Å². The summed E-state index contributed by atoms with van der Waals surface area (Å²) in [6.07, 6.45) is 14.2. The van der Waals surface area contributed by atoms with E-state index >= 15 is 0 Å². The number of aliphatic hydroxyl groups excluding tert-OH is 2. The van der Waals surface area contributed by atoms with Crippen LogP contribution in [-0.4, -0.2) is 36.6 Å². The summed E-state index contributed by atoms with van der Waals surface area (Å²) >= 11 is 2.48. The second kappa shape index (κ2) is 13.5. The van der Waals surface area contributed by atoms with E-state index in [0.717, 1.165) is 43.4 Å². The Morgan fingerprint density at radius 3 is 2.71 bits per heavy atom. The molecule has 0 unspecified atom stereocenters. The zero-order valence-corrected chi connectivity index (χ0v) is 25.8. The molecule has 7 atom stereocenters. The molecule has 0 radical (unpaired) electrons. The Bertz CT molecular complexity index is 1010.